The Hall–Kier alpha value is -0.105. The Labute approximate surface area is 64.6 Å². The van der Waals surface area contributed by atoms with E-state index < -0.39 is 0 Å². The second-order valence-electron chi connectivity index (χ2n) is 2.18. The molecule has 0 saturated carbocycles. The van der Waals surface area contributed by atoms with Gasteiger partial charge >= 0.3 is 64.2 Å². The van der Waals surface area contributed by atoms with Gasteiger partial charge in [0.05, 0.1) is 0 Å². The summed E-state index contributed by atoms with van der Waals surface area (Å²) in [6.45, 7) is 6.33. The fourth-order valence-corrected chi connectivity index (χ4v) is 1.18. The fraction of sp³-hybridized carbons (Fsp3) is 0.286. The van der Waals surface area contributed by atoms with Crippen LogP contribution in [0.15, 0.2) is 16.5 Å². The molecule has 0 unspecified atom stereocenters. The van der Waals surface area contributed by atoms with E-state index in [0.717, 1.165) is 0 Å². The Balaban J connectivity index is 3.25. The van der Waals surface area contributed by atoms with Gasteiger partial charge in [-0.1, -0.05) is 0 Å². The van der Waals surface area contributed by atoms with Gasteiger partial charge in [-0.15, -0.1) is 0 Å². The molecule has 1 rings (SSSR count). The number of hydrogen-bond donors (Lipinski definition) is 0. The fourth-order valence-electron chi connectivity index (χ4n) is 0.715. The third-order valence-electron chi connectivity index (χ3n) is 1.54. The van der Waals surface area contributed by atoms with Gasteiger partial charge < -0.3 is 0 Å². The van der Waals surface area contributed by atoms with Crippen molar-refractivity contribution in [2.24, 2.45) is 0 Å². The van der Waals surface area contributed by atoms with Gasteiger partial charge in [0, 0.05) is 0 Å². The predicted octanol–water partition coefficient (Wildman–Crippen LogP) is 2.40. The van der Waals surface area contributed by atoms with Gasteiger partial charge in [-0.25, -0.2) is 0 Å². The number of halogens is 1. The number of aryl methyl sites for hydroxylation is 1. The maximum atomic E-state index is 3.45. The third-order valence-corrected chi connectivity index (χ3v) is 2.40. The van der Waals surface area contributed by atoms with E-state index in [-0.39, 0.29) is 0 Å². The molecule has 9 heavy (non-hydrogen) atoms. The monoisotopic (exact) mass is 182 g/mol. The molecular formula is C7H8BBr. The second kappa shape index (κ2) is 2.65. The Bertz CT molecular complexity index is 200. The number of hydrogen-bond acceptors (Lipinski definition) is 0. The molecule has 2 heteroatoms. The van der Waals surface area contributed by atoms with E-state index in [1.807, 2.05) is 5.96 Å². The van der Waals surface area contributed by atoms with Crippen LogP contribution in [0.4, 0.5) is 0 Å². The predicted molar refractivity (Wildman–Crippen MR) is 45.0 cm³/mol. The van der Waals surface area contributed by atoms with Gasteiger partial charge in [-0.2, -0.15) is 0 Å². The molecule has 0 radical (unpaired) electrons. The van der Waals surface area contributed by atoms with Gasteiger partial charge in [0.1, 0.15) is 0 Å². The minimum absolute atomic E-state index is 1.20. The van der Waals surface area contributed by atoms with E-state index in [0.29, 0.717) is 0 Å². The average molecular weight is 183 g/mol. The van der Waals surface area contributed by atoms with Crippen LogP contribution in [0.3, 0.4) is 0 Å². The van der Waals surface area contributed by atoms with Crippen LogP contribution in [0.1, 0.15) is 11.0 Å². The molecule has 0 aliphatic carbocycles. The Morgan fingerprint density at radius 2 is 2.11 bits per heavy atom. The topological polar surface area (TPSA) is 0 Å². The van der Waals surface area contributed by atoms with Crippen LogP contribution in [0.5, 0.6) is 0 Å². The summed E-state index contributed by atoms with van der Waals surface area (Å²) in [5.41, 5.74) is 2.67. The quantitative estimate of drug-likeness (QED) is 0.579. The minimum atomic E-state index is 1.20. The molecule has 1 heterocycles. The summed E-state index contributed by atoms with van der Waals surface area (Å²) in [6, 6.07) is 2.06. The molecule has 0 aliphatic rings. The van der Waals surface area contributed by atoms with Gasteiger partial charge in [-0.05, 0) is 0 Å². The summed E-state index contributed by atoms with van der Waals surface area (Å²) in [5, 5.41) is 0. The van der Waals surface area contributed by atoms with Crippen LogP contribution in [0.2, 0.25) is 0 Å². The first-order valence-electron chi connectivity index (χ1n) is 2.93. The Morgan fingerprint density at radius 1 is 1.44 bits per heavy atom. The molecule has 0 bridgehead atoms. The Kier molecular flexibility index (Phi) is 2.07. The molecular weight excluding hydrogens is 175 g/mol. The van der Waals surface area contributed by atoms with Crippen molar-refractivity contribution in [3.05, 3.63) is 27.5 Å². The van der Waals surface area contributed by atoms with Crippen molar-refractivity contribution in [2.75, 3.05) is 0 Å². The zero-order valence-corrected chi connectivity index (χ0v) is 7.20. The van der Waals surface area contributed by atoms with Crippen molar-refractivity contribution in [3.8, 4) is 0 Å². The van der Waals surface area contributed by atoms with Crippen LogP contribution in [-0.2, 0) is 0 Å². The SMILES string of the molecule is Cc1bccc(Br)c1C. The molecule has 0 saturated heterocycles. The molecule has 1 aromatic rings. The molecule has 46 valence electrons. The zero-order chi connectivity index (χ0) is 6.85. The average Bonchev–Trinajstić information content (AvgIpc) is 1.83. The molecule has 0 N–H and O–H groups in total. The van der Waals surface area contributed by atoms with E-state index >= 15 is 0 Å². The van der Waals surface area contributed by atoms with Gasteiger partial charge in [-0.3, -0.25) is 0 Å². The van der Waals surface area contributed by atoms with Gasteiger partial charge in [0.2, 0.25) is 0 Å². The third kappa shape index (κ3) is 1.42. The van der Waals surface area contributed by atoms with Crippen molar-refractivity contribution in [2.45, 2.75) is 13.8 Å². The van der Waals surface area contributed by atoms with Crippen LogP contribution >= 0.6 is 15.9 Å². The van der Waals surface area contributed by atoms with E-state index in [4.69, 9.17) is 0 Å². The van der Waals surface area contributed by atoms with Crippen LogP contribution in [-0.4, -0.2) is 6.91 Å². The van der Waals surface area contributed by atoms with Gasteiger partial charge in [0.15, 0.2) is 0 Å². The van der Waals surface area contributed by atoms with Crippen molar-refractivity contribution in [1.29, 1.82) is 0 Å². The van der Waals surface area contributed by atoms with Crippen molar-refractivity contribution < 1.29 is 0 Å². The van der Waals surface area contributed by atoms with Crippen molar-refractivity contribution in [1.82, 2.24) is 0 Å². The summed E-state index contributed by atoms with van der Waals surface area (Å²) in [6.07, 6.45) is 0. The molecule has 0 nitrogen and oxygen atoms in total. The summed E-state index contributed by atoms with van der Waals surface area (Å²) in [7, 11) is 0. The van der Waals surface area contributed by atoms with E-state index in [1.165, 1.54) is 15.5 Å². The number of rotatable bonds is 0. The molecule has 0 aliphatic heterocycles. The van der Waals surface area contributed by atoms with E-state index in [1.54, 1.807) is 0 Å². The Morgan fingerprint density at radius 3 is 2.56 bits per heavy atom. The second-order valence-corrected chi connectivity index (χ2v) is 3.04. The first-order chi connectivity index (χ1) is 4.22. The zero-order valence-electron chi connectivity index (χ0n) is 5.61. The normalized spacial score (nSPS) is 9.22. The first kappa shape index (κ1) is 7.01. The summed E-state index contributed by atoms with van der Waals surface area (Å²) in [4.78, 5) is 0. The van der Waals surface area contributed by atoms with Gasteiger partial charge in [0.25, 0.3) is 0 Å². The molecule has 0 atom stereocenters. The standard InChI is InChI=1S/C7H8BBr/c1-5-6(2)8-4-3-7(5)9/h3-4H,1-2H3. The summed E-state index contributed by atoms with van der Waals surface area (Å²) < 4.78 is 1.20. The van der Waals surface area contributed by atoms with Crippen molar-refractivity contribution >= 4 is 22.8 Å². The van der Waals surface area contributed by atoms with Crippen LogP contribution in [0, 0.1) is 13.8 Å². The summed E-state index contributed by atoms with van der Waals surface area (Å²) in [5.74, 6) is 2.05. The molecule has 1 aromatic heterocycles. The van der Waals surface area contributed by atoms with Crippen LogP contribution < -0.4 is 0 Å². The summed E-state index contributed by atoms with van der Waals surface area (Å²) >= 11 is 3.45. The molecule has 0 fully saturated rings. The van der Waals surface area contributed by atoms with E-state index in [2.05, 4.69) is 42.8 Å². The van der Waals surface area contributed by atoms with Crippen LogP contribution in [0.25, 0.3) is 0 Å². The first-order valence-corrected chi connectivity index (χ1v) is 3.73. The van der Waals surface area contributed by atoms with E-state index in [9.17, 15) is 0 Å². The maximum absolute atomic E-state index is 3.45. The molecule has 0 aromatic carbocycles. The van der Waals surface area contributed by atoms with Crippen molar-refractivity contribution in [3.63, 3.8) is 0 Å². The molecule has 0 spiro atoms. The molecule has 0 amide bonds.